The third kappa shape index (κ3) is 3.69. The molecule has 2 rings (SSSR count). The second-order valence-electron chi connectivity index (χ2n) is 4.97. The molecule has 0 spiro atoms. The van der Waals surface area contributed by atoms with Crippen LogP contribution in [0.1, 0.15) is 24.8 Å². The summed E-state index contributed by atoms with van der Waals surface area (Å²) in [6, 6.07) is 7.77. The fourth-order valence-electron chi connectivity index (χ4n) is 2.53. The number of para-hydroxylation sites is 1. The van der Waals surface area contributed by atoms with Crippen molar-refractivity contribution < 1.29 is 14.6 Å². The number of methoxy groups -OCH3 is 1. The van der Waals surface area contributed by atoms with Crippen LogP contribution in [0.2, 0.25) is 0 Å². The van der Waals surface area contributed by atoms with Gasteiger partial charge in [0, 0.05) is 12.7 Å². The summed E-state index contributed by atoms with van der Waals surface area (Å²) in [7, 11) is 1.65. The van der Waals surface area contributed by atoms with Gasteiger partial charge in [-0.3, -0.25) is 0 Å². The molecule has 1 heterocycles. The summed E-state index contributed by atoms with van der Waals surface area (Å²) in [5.74, 6) is 0.768. The topological polar surface area (TPSA) is 50.7 Å². The lowest BCUT2D eigenvalue weighted by Gasteiger charge is -2.28. The Kier molecular flexibility index (Phi) is 5.19. The number of benzene rings is 1. The minimum absolute atomic E-state index is 0.502. The standard InChI is InChI=1S/C15H23NO3/c1-18-11-12-19-14-6-3-2-5-13(14)15(17)7-4-9-16-10-8-15/h2-3,5-6,16-17H,4,7-12H2,1H3. The summed E-state index contributed by atoms with van der Waals surface area (Å²) in [5, 5.41) is 14.2. The first-order valence-corrected chi connectivity index (χ1v) is 6.90. The summed E-state index contributed by atoms with van der Waals surface area (Å²) < 4.78 is 10.7. The second-order valence-corrected chi connectivity index (χ2v) is 4.97. The summed E-state index contributed by atoms with van der Waals surface area (Å²) in [5.41, 5.74) is 0.113. The Morgan fingerprint density at radius 2 is 2.05 bits per heavy atom. The van der Waals surface area contributed by atoms with E-state index in [4.69, 9.17) is 9.47 Å². The predicted molar refractivity (Wildman–Crippen MR) is 74.4 cm³/mol. The fraction of sp³-hybridized carbons (Fsp3) is 0.600. The first-order chi connectivity index (χ1) is 9.26. The van der Waals surface area contributed by atoms with E-state index in [1.54, 1.807) is 7.11 Å². The zero-order chi connectivity index (χ0) is 13.6. The van der Waals surface area contributed by atoms with Gasteiger partial charge in [0.05, 0.1) is 12.2 Å². The molecule has 106 valence electrons. The molecular formula is C15H23NO3. The SMILES string of the molecule is COCCOc1ccccc1C1(O)CCCNCC1. The van der Waals surface area contributed by atoms with Crippen molar-refractivity contribution in [3.05, 3.63) is 29.8 Å². The van der Waals surface area contributed by atoms with Crippen molar-refractivity contribution in [1.29, 1.82) is 0 Å². The molecule has 1 aliphatic rings. The lowest BCUT2D eigenvalue weighted by molar-refractivity contribution is 0.0205. The molecule has 4 heteroatoms. The summed E-state index contributed by atoms with van der Waals surface area (Å²) in [6.45, 7) is 2.86. The largest absolute Gasteiger partial charge is 0.491 e. The molecule has 19 heavy (non-hydrogen) atoms. The maximum absolute atomic E-state index is 10.9. The van der Waals surface area contributed by atoms with Crippen LogP contribution in [0, 0.1) is 0 Å². The van der Waals surface area contributed by atoms with Crippen molar-refractivity contribution in [2.45, 2.75) is 24.9 Å². The maximum atomic E-state index is 10.9. The third-order valence-corrected chi connectivity index (χ3v) is 3.59. The lowest BCUT2D eigenvalue weighted by Crippen LogP contribution is -2.28. The Morgan fingerprint density at radius 3 is 2.89 bits per heavy atom. The van der Waals surface area contributed by atoms with Crippen LogP contribution < -0.4 is 10.1 Å². The highest BCUT2D eigenvalue weighted by atomic mass is 16.5. The van der Waals surface area contributed by atoms with Gasteiger partial charge in [-0.1, -0.05) is 18.2 Å². The van der Waals surface area contributed by atoms with Gasteiger partial charge in [-0.25, -0.2) is 0 Å². The minimum atomic E-state index is -0.785. The number of rotatable bonds is 5. The van der Waals surface area contributed by atoms with Gasteiger partial charge in [0.15, 0.2) is 0 Å². The molecule has 1 aromatic carbocycles. The van der Waals surface area contributed by atoms with E-state index in [1.807, 2.05) is 24.3 Å². The molecule has 1 atom stereocenters. The van der Waals surface area contributed by atoms with Gasteiger partial charge < -0.3 is 19.9 Å². The van der Waals surface area contributed by atoms with Crippen LogP contribution in [-0.2, 0) is 10.3 Å². The molecule has 1 aromatic rings. The van der Waals surface area contributed by atoms with Crippen molar-refractivity contribution in [3.8, 4) is 5.75 Å². The zero-order valence-electron chi connectivity index (χ0n) is 11.5. The average Bonchev–Trinajstić information content (AvgIpc) is 2.65. The van der Waals surface area contributed by atoms with Gasteiger partial charge in [0.2, 0.25) is 0 Å². The highest BCUT2D eigenvalue weighted by Crippen LogP contribution is 2.36. The van der Waals surface area contributed by atoms with Crippen molar-refractivity contribution in [1.82, 2.24) is 5.32 Å². The molecular weight excluding hydrogens is 242 g/mol. The van der Waals surface area contributed by atoms with E-state index in [-0.39, 0.29) is 0 Å². The summed E-state index contributed by atoms with van der Waals surface area (Å²) in [6.07, 6.45) is 2.46. The third-order valence-electron chi connectivity index (χ3n) is 3.59. The molecule has 0 radical (unpaired) electrons. The van der Waals surface area contributed by atoms with E-state index < -0.39 is 5.60 Å². The van der Waals surface area contributed by atoms with Gasteiger partial charge in [0.1, 0.15) is 12.4 Å². The van der Waals surface area contributed by atoms with Gasteiger partial charge >= 0.3 is 0 Å². The quantitative estimate of drug-likeness (QED) is 0.795. The van der Waals surface area contributed by atoms with Crippen LogP contribution >= 0.6 is 0 Å². The first-order valence-electron chi connectivity index (χ1n) is 6.90. The van der Waals surface area contributed by atoms with Gasteiger partial charge in [-0.05, 0) is 38.4 Å². The van der Waals surface area contributed by atoms with Crippen LogP contribution in [0.25, 0.3) is 0 Å². The van der Waals surface area contributed by atoms with Crippen LogP contribution in [0.5, 0.6) is 5.75 Å². The van der Waals surface area contributed by atoms with E-state index in [0.717, 1.165) is 43.7 Å². The molecule has 1 unspecified atom stereocenters. The molecule has 2 N–H and O–H groups in total. The van der Waals surface area contributed by atoms with Crippen LogP contribution in [0.15, 0.2) is 24.3 Å². The number of nitrogens with one attached hydrogen (secondary N) is 1. The molecule has 4 nitrogen and oxygen atoms in total. The van der Waals surface area contributed by atoms with Crippen LogP contribution in [0.4, 0.5) is 0 Å². The lowest BCUT2D eigenvalue weighted by atomic mass is 9.86. The average molecular weight is 265 g/mol. The summed E-state index contributed by atoms with van der Waals surface area (Å²) >= 11 is 0. The number of aliphatic hydroxyl groups is 1. The van der Waals surface area contributed by atoms with Crippen molar-refractivity contribution >= 4 is 0 Å². The predicted octanol–water partition coefficient (Wildman–Crippen LogP) is 1.67. The highest BCUT2D eigenvalue weighted by Gasteiger charge is 2.32. The molecule has 1 fully saturated rings. The number of hydrogen-bond donors (Lipinski definition) is 2. The van der Waals surface area contributed by atoms with E-state index >= 15 is 0 Å². The summed E-state index contributed by atoms with van der Waals surface area (Å²) in [4.78, 5) is 0. The Balaban J connectivity index is 2.17. The van der Waals surface area contributed by atoms with Gasteiger partial charge in [-0.2, -0.15) is 0 Å². The molecule has 1 saturated heterocycles. The van der Waals surface area contributed by atoms with E-state index in [1.165, 1.54) is 0 Å². The molecule has 0 amide bonds. The number of hydrogen-bond acceptors (Lipinski definition) is 4. The Morgan fingerprint density at radius 1 is 1.21 bits per heavy atom. The van der Waals surface area contributed by atoms with Crippen molar-refractivity contribution in [3.63, 3.8) is 0 Å². The van der Waals surface area contributed by atoms with E-state index in [0.29, 0.717) is 13.2 Å². The molecule has 1 aliphatic heterocycles. The first kappa shape index (κ1) is 14.3. The molecule has 0 aromatic heterocycles. The van der Waals surface area contributed by atoms with Crippen LogP contribution in [-0.4, -0.2) is 38.5 Å². The minimum Gasteiger partial charge on any atom is -0.491 e. The van der Waals surface area contributed by atoms with Gasteiger partial charge in [0.25, 0.3) is 0 Å². The van der Waals surface area contributed by atoms with Crippen LogP contribution in [0.3, 0.4) is 0 Å². The molecule has 0 aliphatic carbocycles. The van der Waals surface area contributed by atoms with Crippen molar-refractivity contribution in [2.75, 3.05) is 33.4 Å². The molecule has 0 saturated carbocycles. The highest BCUT2D eigenvalue weighted by molar-refractivity contribution is 5.38. The zero-order valence-corrected chi connectivity index (χ0v) is 11.5. The Hall–Kier alpha value is -1.10. The normalized spacial score (nSPS) is 23.9. The number of ether oxygens (including phenoxy) is 2. The monoisotopic (exact) mass is 265 g/mol. The second kappa shape index (κ2) is 6.89. The maximum Gasteiger partial charge on any atom is 0.125 e. The Labute approximate surface area is 114 Å². The smallest absolute Gasteiger partial charge is 0.125 e. The molecule has 0 bridgehead atoms. The van der Waals surface area contributed by atoms with Gasteiger partial charge in [-0.15, -0.1) is 0 Å². The Bertz CT molecular complexity index is 387. The van der Waals surface area contributed by atoms with E-state index in [9.17, 15) is 5.11 Å². The van der Waals surface area contributed by atoms with E-state index in [2.05, 4.69) is 5.32 Å². The fourth-order valence-corrected chi connectivity index (χ4v) is 2.53. The van der Waals surface area contributed by atoms with Crippen molar-refractivity contribution in [2.24, 2.45) is 0 Å².